The highest BCUT2D eigenvalue weighted by Crippen LogP contribution is 2.11. The number of nitrogens with zero attached hydrogens (tertiary/aromatic N) is 1. The van der Waals surface area contributed by atoms with Crippen molar-refractivity contribution in [1.29, 1.82) is 0 Å². The van der Waals surface area contributed by atoms with E-state index in [-0.39, 0.29) is 19.4 Å². The first-order valence-electron chi connectivity index (χ1n) is 6.89. The first-order valence-corrected chi connectivity index (χ1v) is 6.89. The van der Waals surface area contributed by atoms with Gasteiger partial charge in [-0.2, -0.15) is 0 Å². The molecule has 1 atom stereocenters. The molecule has 1 fully saturated rings. The zero-order chi connectivity index (χ0) is 16.9. The van der Waals surface area contributed by atoms with Crippen LogP contribution in [0.15, 0.2) is 0 Å². The number of hydroxylamine groups is 2. The van der Waals surface area contributed by atoms with Crippen molar-refractivity contribution in [2.45, 2.75) is 52.2 Å². The zero-order valence-electron chi connectivity index (χ0n) is 13.1. The van der Waals surface area contributed by atoms with Crippen LogP contribution in [0.4, 0.5) is 9.59 Å². The molecule has 2 N–H and O–H groups in total. The Hall–Kier alpha value is -2.32. The van der Waals surface area contributed by atoms with Crippen LogP contribution in [0.1, 0.15) is 40.5 Å². The topological polar surface area (TPSA) is 114 Å². The Balaban J connectivity index is 2.30. The maximum absolute atomic E-state index is 11.5. The Morgan fingerprint density at radius 1 is 1.18 bits per heavy atom. The molecule has 0 aromatic carbocycles. The Morgan fingerprint density at radius 2 is 1.73 bits per heavy atom. The minimum Gasteiger partial charge on any atom is -0.444 e. The van der Waals surface area contributed by atoms with Crippen molar-refractivity contribution in [3.8, 4) is 0 Å². The van der Waals surface area contributed by atoms with Crippen molar-refractivity contribution >= 4 is 24.0 Å². The molecule has 1 heterocycles. The molecule has 124 valence electrons. The van der Waals surface area contributed by atoms with Gasteiger partial charge in [-0.15, -0.1) is 5.06 Å². The summed E-state index contributed by atoms with van der Waals surface area (Å²) in [7, 11) is 0. The molecule has 0 aliphatic carbocycles. The Bertz CT molecular complexity index is 455. The number of amides is 4. The van der Waals surface area contributed by atoms with Crippen molar-refractivity contribution in [3.63, 3.8) is 0 Å². The van der Waals surface area contributed by atoms with E-state index >= 15 is 0 Å². The fourth-order valence-corrected chi connectivity index (χ4v) is 1.57. The van der Waals surface area contributed by atoms with E-state index in [0.717, 1.165) is 0 Å². The zero-order valence-corrected chi connectivity index (χ0v) is 13.1. The first kappa shape index (κ1) is 17.7. The van der Waals surface area contributed by atoms with Crippen molar-refractivity contribution in [1.82, 2.24) is 15.7 Å². The van der Waals surface area contributed by atoms with Crippen LogP contribution < -0.4 is 10.6 Å². The van der Waals surface area contributed by atoms with Crippen LogP contribution in [0.2, 0.25) is 0 Å². The summed E-state index contributed by atoms with van der Waals surface area (Å²) in [4.78, 5) is 50.1. The molecular formula is C13H21N3O6. The van der Waals surface area contributed by atoms with E-state index in [9.17, 15) is 19.2 Å². The Kier molecular flexibility index (Phi) is 5.72. The molecule has 0 bridgehead atoms. The highest BCUT2D eigenvalue weighted by Gasteiger charge is 2.32. The molecule has 22 heavy (non-hydrogen) atoms. The van der Waals surface area contributed by atoms with Crippen LogP contribution in [0.3, 0.4) is 0 Å². The maximum atomic E-state index is 11.5. The van der Waals surface area contributed by atoms with E-state index in [1.165, 1.54) is 0 Å². The van der Waals surface area contributed by atoms with Gasteiger partial charge in [0, 0.05) is 25.4 Å². The quantitative estimate of drug-likeness (QED) is 0.738. The molecule has 0 saturated carbocycles. The van der Waals surface area contributed by atoms with Crippen molar-refractivity contribution in [3.05, 3.63) is 0 Å². The lowest BCUT2D eigenvalue weighted by Crippen LogP contribution is -2.45. The van der Waals surface area contributed by atoms with Gasteiger partial charge in [-0.05, 0) is 27.7 Å². The fraction of sp³-hybridized carbons (Fsp3) is 0.692. The van der Waals surface area contributed by atoms with E-state index in [1.54, 1.807) is 27.7 Å². The molecule has 1 saturated heterocycles. The molecule has 0 radical (unpaired) electrons. The summed E-state index contributed by atoms with van der Waals surface area (Å²) in [5, 5.41) is 5.31. The second-order valence-electron chi connectivity index (χ2n) is 5.89. The van der Waals surface area contributed by atoms with Gasteiger partial charge >= 0.3 is 12.2 Å². The van der Waals surface area contributed by atoms with E-state index in [0.29, 0.717) is 5.06 Å². The van der Waals surface area contributed by atoms with Gasteiger partial charge < -0.3 is 20.2 Å². The van der Waals surface area contributed by atoms with E-state index in [1.807, 2.05) is 0 Å². The van der Waals surface area contributed by atoms with Gasteiger partial charge in [0.15, 0.2) is 0 Å². The molecule has 0 aromatic rings. The maximum Gasteiger partial charge on any atom is 0.432 e. The summed E-state index contributed by atoms with van der Waals surface area (Å²) in [5.74, 6) is -1.11. The third-order valence-corrected chi connectivity index (χ3v) is 2.50. The summed E-state index contributed by atoms with van der Waals surface area (Å²) >= 11 is 0. The fourth-order valence-electron chi connectivity index (χ4n) is 1.57. The largest absolute Gasteiger partial charge is 0.444 e. The summed E-state index contributed by atoms with van der Waals surface area (Å²) in [6, 6.07) is -0.424. The average Bonchev–Trinajstić information content (AvgIpc) is 2.65. The summed E-state index contributed by atoms with van der Waals surface area (Å²) < 4.78 is 5.06. The highest BCUT2D eigenvalue weighted by molar-refractivity contribution is 6.01. The Labute approximate surface area is 128 Å². The van der Waals surface area contributed by atoms with Crippen molar-refractivity contribution in [2.24, 2.45) is 0 Å². The normalized spacial score (nSPS) is 16.3. The number of rotatable bonds is 4. The van der Waals surface area contributed by atoms with Crippen LogP contribution in [-0.4, -0.2) is 47.3 Å². The third-order valence-electron chi connectivity index (χ3n) is 2.50. The number of hydrogen-bond acceptors (Lipinski definition) is 6. The standard InChI is InChI=1S/C13H21N3O6/c1-8(15-12(20)21-13(2,3)4)7-14-11(19)22-16-9(17)5-6-10(16)18/h8H,5-7H2,1-4H3,(H,14,19)(H,15,20)/t8-/m0/s1. The second kappa shape index (κ2) is 7.10. The van der Waals surface area contributed by atoms with E-state index in [4.69, 9.17) is 4.74 Å². The molecule has 9 heteroatoms. The molecule has 1 aliphatic rings. The number of ether oxygens (including phenoxy) is 1. The van der Waals surface area contributed by atoms with Gasteiger partial charge in [0.25, 0.3) is 11.8 Å². The predicted octanol–water partition coefficient (Wildman–Crippen LogP) is 0.690. The molecular weight excluding hydrogens is 294 g/mol. The summed E-state index contributed by atoms with van der Waals surface area (Å²) in [6.07, 6.45) is -1.49. The molecule has 4 amide bonds. The van der Waals surface area contributed by atoms with Crippen LogP contribution in [0.5, 0.6) is 0 Å². The average molecular weight is 315 g/mol. The molecule has 0 spiro atoms. The van der Waals surface area contributed by atoms with E-state index in [2.05, 4.69) is 15.5 Å². The van der Waals surface area contributed by atoms with Crippen LogP contribution in [-0.2, 0) is 19.2 Å². The van der Waals surface area contributed by atoms with Crippen molar-refractivity contribution in [2.75, 3.05) is 6.54 Å². The summed E-state index contributed by atoms with van der Waals surface area (Å²) in [5.41, 5.74) is -0.618. The smallest absolute Gasteiger partial charge is 0.432 e. The first-order chi connectivity index (χ1) is 10.1. The minimum atomic E-state index is -0.943. The van der Waals surface area contributed by atoms with Crippen LogP contribution >= 0.6 is 0 Å². The number of hydrogen-bond donors (Lipinski definition) is 2. The van der Waals surface area contributed by atoms with Gasteiger partial charge in [0.05, 0.1) is 0 Å². The Morgan fingerprint density at radius 3 is 2.23 bits per heavy atom. The van der Waals surface area contributed by atoms with Gasteiger partial charge in [0.2, 0.25) is 0 Å². The van der Waals surface area contributed by atoms with E-state index < -0.39 is 35.6 Å². The predicted molar refractivity (Wildman–Crippen MR) is 74.4 cm³/mol. The highest BCUT2D eigenvalue weighted by atomic mass is 16.7. The van der Waals surface area contributed by atoms with Gasteiger partial charge in [-0.25, -0.2) is 9.59 Å². The number of nitrogens with one attached hydrogen (secondary N) is 2. The minimum absolute atomic E-state index is 0.0305. The van der Waals surface area contributed by atoms with Crippen LogP contribution in [0.25, 0.3) is 0 Å². The molecule has 9 nitrogen and oxygen atoms in total. The molecule has 1 aliphatic heterocycles. The third kappa shape index (κ3) is 5.98. The lowest BCUT2D eigenvalue weighted by Gasteiger charge is -2.22. The van der Waals surface area contributed by atoms with Gasteiger partial charge in [0.1, 0.15) is 5.60 Å². The number of imide groups is 1. The van der Waals surface area contributed by atoms with Crippen LogP contribution in [0, 0.1) is 0 Å². The lowest BCUT2D eigenvalue weighted by molar-refractivity contribution is -0.171. The molecule has 1 rings (SSSR count). The monoisotopic (exact) mass is 315 g/mol. The van der Waals surface area contributed by atoms with Crippen molar-refractivity contribution < 1.29 is 28.8 Å². The number of carbonyl (C=O) groups is 4. The van der Waals surface area contributed by atoms with Gasteiger partial charge in [-0.3, -0.25) is 9.59 Å². The second-order valence-corrected chi connectivity index (χ2v) is 5.89. The number of carbonyl (C=O) groups excluding carboxylic acids is 4. The SMILES string of the molecule is C[C@@H](CNC(=O)ON1C(=O)CCC1=O)NC(=O)OC(C)(C)C. The number of alkyl carbamates (subject to hydrolysis) is 1. The molecule has 0 aromatic heterocycles. The lowest BCUT2D eigenvalue weighted by atomic mass is 10.2. The molecule has 0 unspecified atom stereocenters. The summed E-state index contributed by atoms with van der Waals surface area (Å²) in [6.45, 7) is 6.90. The van der Waals surface area contributed by atoms with Gasteiger partial charge in [-0.1, -0.05) is 0 Å².